The molecule has 0 aromatic rings. The van der Waals surface area contributed by atoms with Crippen molar-refractivity contribution in [3.63, 3.8) is 0 Å². The van der Waals surface area contributed by atoms with Crippen LogP contribution < -0.4 is 0 Å². The van der Waals surface area contributed by atoms with E-state index in [1.54, 1.807) is 19.1 Å². The van der Waals surface area contributed by atoms with Crippen LogP contribution in [0.2, 0.25) is 0 Å². The van der Waals surface area contributed by atoms with Gasteiger partial charge >= 0.3 is 0 Å². The zero-order valence-electron chi connectivity index (χ0n) is 5.83. The van der Waals surface area contributed by atoms with E-state index in [-0.39, 0.29) is 0 Å². The van der Waals surface area contributed by atoms with Crippen LogP contribution in [0.1, 0.15) is 13.8 Å². The molecule has 0 spiro atoms. The lowest BCUT2D eigenvalue weighted by Gasteiger charge is -1.79. The highest BCUT2D eigenvalue weighted by atomic mass is 16.3. The van der Waals surface area contributed by atoms with Gasteiger partial charge in [-0.3, -0.25) is 0 Å². The minimum Gasteiger partial charge on any atom is -0.513 e. The summed E-state index contributed by atoms with van der Waals surface area (Å²) in [6, 6.07) is 0. The molecule has 9 heavy (non-hydrogen) atoms. The molecular weight excluding hydrogens is 112 g/mol. The van der Waals surface area contributed by atoms with Crippen LogP contribution in [0.15, 0.2) is 36.1 Å². The largest absolute Gasteiger partial charge is 0.513 e. The van der Waals surface area contributed by atoms with Crippen LogP contribution in [0, 0.1) is 0 Å². The van der Waals surface area contributed by atoms with Crippen LogP contribution in [0.4, 0.5) is 0 Å². The maximum Gasteiger partial charge on any atom is 0.0891 e. The molecular formula is C8H12O. The number of aliphatic hydroxyl groups is 1. The van der Waals surface area contributed by atoms with E-state index < -0.39 is 0 Å². The zero-order chi connectivity index (χ0) is 7.11. The highest BCUT2D eigenvalue weighted by molar-refractivity contribution is 5.11. The van der Waals surface area contributed by atoms with E-state index in [1.165, 1.54) is 0 Å². The van der Waals surface area contributed by atoms with Crippen molar-refractivity contribution in [2.24, 2.45) is 0 Å². The molecule has 0 aliphatic rings. The van der Waals surface area contributed by atoms with Crippen molar-refractivity contribution < 1.29 is 5.11 Å². The summed E-state index contributed by atoms with van der Waals surface area (Å²) in [5.74, 6) is 0.329. The van der Waals surface area contributed by atoms with Gasteiger partial charge in [0.25, 0.3) is 0 Å². The van der Waals surface area contributed by atoms with Gasteiger partial charge in [-0.1, -0.05) is 24.3 Å². The minimum atomic E-state index is 0.329. The topological polar surface area (TPSA) is 20.2 Å². The smallest absolute Gasteiger partial charge is 0.0891 e. The van der Waals surface area contributed by atoms with Crippen molar-refractivity contribution in [1.29, 1.82) is 0 Å². The van der Waals surface area contributed by atoms with Crippen molar-refractivity contribution in [3.05, 3.63) is 36.1 Å². The molecule has 50 valence electrons. The van der Waals surface area contributed by atoms with E-state index in [0.29, 0.717) is 5.76 Å². The van der Waals surface area contributed by atoms with Crippen LogP contribution >= 0.6 is 0 Å². The first-order valence-corrected chi connectivity index (χ1v) is 2.92. The highest BCUT2D eigenvalue weighted by Crippen LogP contribution is 1.85. The molecule has 1 nitrogen and oxygen atoms in total. The van der Waals surface area contributed by atoms with E-state index in [1.807, 2.05) is 25.2 Å². The van der Waals surface area contributed by atoms with Gasteiger partial charge in [-0.15, -0.1) is 0 Å². The van der Waals surface area contributed by atoms with Gasteiger partial charge in [0.15, 0.2) is 0 Å². The molecule has 0 heterocycles. The summed E-state index contributed by atoms with van der Waals surface area (Å²) in [5.41, 5.74) is 0. The van der Waals surface area contributed by atoms with Gasteiger partial charge in [-0.05, 0) is 19.9 Å². The molecule has 0 aromatic heterocycles. The third-order valence-electron chi connectivity index (χ3n) is 0.752. The molecule has 0 saturated heterocycles. The van der Waals surface area contributed by atoms with Gasteiger partial charge in [-0.25, -0.2) is 0 Å². The van der Waals surface area contributed by atoms with E-state index in [4.69, 9.17) is 5.11 Å². The quantitative estimate of drug-likeness (QED) is 0.443. The first-order valence-electron chi connectivity index (χ1n) is 2.92. The highest BCUT2D eigenvalue weighted by Gasteiger charge is 1.69. The predicted octanol–water partition coefficient (Wildman–Crippen LogP) is 2.58. The Morgan fingerprint density at radius 3 is 2.33 bits per heavy atom. The Bertz CT molecular complexity index is 137. The number of hydrogen-bond donors (Lipinski definition) is 1. The molecule has 0 amide bonds. The Balaban J connectivity index is 3.60. The predicted molar refractivity (Wildman–Crippen MR) is 40.3 cm³/mol. The molecule has 0 rings (SSSR count). The molecule has 0 saturated carbocycles. The van der Waals surface area contributed by atoms with E-state index in [9.17, 15) is 0 Å². The summed E-state index contributed by atoms with van der Waals surface area (Å²) in [6.07, 6.45) is 9.12. The third-order valence-corrected chi connectivity index (χ3v) is 0.752. The minimum absolute atomic E-state index is 0.329. The standard InChI is InChI=1S/C8H12O/c1-3-4-5-6-7-8(2)9/h3-7,9H,1-2H3/b4-3+,6-5+,8-7-. The Kier molecular flexibility index (Phi) is 4.60. The van der Waals surface area contributed by atoms with Gasteiger partial charge in [0.05, 0.1) is 5.76 Å². The summed E-state index contributed by atoms with van der Waals surface area (Å²) in [7, 11) is 0. The molecule has 0 unspecified atom stereocenters. The summed E-state index contributed by atoms with van der Waals surface area (Å²) in [6.45, 7) is 3.58. The summed E-state index contributed by atoms with van der Waals surface area (Å²) in [5, 5.41) is 8.64. The fourth-order valence-corrected chi connectivity index (χ4v) is 0.370. The summed E-state index contributed by atoms with van der Waals surface area (Å²) >= 11 is 0. The normalized spacial score (nSPS) is 13.8. The molecule has 0 fully saturated rings. The maximum absolute atomic E-state index is 8.64. The average molecular weight is 124 g/mol. The Morgan fingerprint density at radius 2 is 1.89 bits per heavy atom. The molecule has 0 aromatic carbocycles. The Labute approximate surface area is 56.0 Å². The monoisotopic (exact) mass is 124 g/mol. The molecule has 0 bridgehead atoms. The van der Waals surface area contributed by atoms with Gasteiger partial charge in [0.2, 0.25) is 0 Å². The average Bonchev–Trinajstić information content (AvgIpc) is 1.80. The lowest BCUT2D eigenvalue weighted by atomic mass is 10.4. The lowest BCUT2D eigenvalue weighted by Crippen LogP contribution is -1.63. The molecule has 0 atom stereocenters. The van der Waals surface area contributed by atoms with Gasteiger partial charge in [0, 0.05) is 0 Å². The van der Waals surface area contributed by atoms with Crippen molar-refractivity contribution in [2.75, 3.05) is 0 Å². The Hall–Kier alpha value is -0.980. The fraction of sp³-hybridized carbons (Fsp3) is 0.250. The molecule has 1 N–H and O–H groups in total. The number of rotatable bonds is 2. The summed E-state index contributed by atoms with van der Waals surface area (Å²) < 4.78 is 0. The molecule has 0 radical (unpaired) electrons. The second-order valence-corrected chi connectivity index (χ2v) is 1.72. The van der Waals surface area contributed by atoms with E-state index in [2.05, 4.69) is 0 Å². The van der Waals surface area contributed by atoms with E-state index in [0.717, 1.165) is 0 Å². The maximum atomic E-state index is 8.64. The first kappa shape index (κ1) is 8.02. The van der Waals surface area contributed by atoms with Crippen molar-refractivity contribution in [1.82, 2.24) is 0 Å². The van der Waals surface area contributed by atoms with Gasteiger partial charge in [0.1, 0.15) is 0 Å². The van der Waals surface area contributed by atoms with Crippen LogP contribution in [-0.4, -0.2) is 5.11 Å². The number of hydrogen-bond acceptors (Lipinski definition) is 1. The number of aliphatic hydroxyl groups excluding tert-OH is 1. The SMILES string of the molecule is C/C=C/C=C/C=C(/C)O. The summed E-state index contributed by atoms with van der Waals surface area (Å²) in [4.78, 5) is 0. The zero-order valence-corrected chi connectivity index (χ0v) is 5.83. The van der Waals surface area contributed by atoms with E-state index >= 15 is 0 Å². The van der Waals surface area contributed by atoms with Crippen molar-refractivity contribution >= 4 is 0 Å². The second-order valence-electron chi connectivity index (χ2n) is 1.72. The van der Waals surface area contributed by atoms with Crippen LogP contribution in [-0.2, 0) is 0 Å². The van der Waals surface area contributed by atoms with Crippen LogP contribution in [0.5, 0.6) is 0 Å². The van der Waals surface area contributed by atoms with Gasteiger partial charge in [-0.2, -0.15) is 0 Å². The second kappa shape index (κ2) is 5.16. The first-order chi connectivity index (χ1) is 4.27. The van der Waals surface area contributed by atoms with Gasteiger partial charge < -0.3 is 5.11 Å². The van der Waals surface area contributed by atoms with Crippen molar-refractivity contribution in [2.45, 2.75) is 13.8 Å². The fourth-order valence-electron chi connectivity index (χ4n) is 0.370. The third kappa shape index (κ3) is 7.02. The lowest BCUT2D eigenvalue weighted by molar-refractivity contribution is 0.414. The molecule has 0 aliphatic carbocycles. The molecule has 1 heteroatoms. The van der Waals surface area contributed by atoms with Crippen LogP contribution in [0.25, 0.3) is 0 Å². The van der Waals surface area contributed by atoms with Crippen LogP contribution in [0.3, 0.4) is 0 Å². The van der Waals surface area contributed by atoms with Crippen molar-refractivity contribution in [3.8, 4) is 0 Å². The number of allylic oxidation sites excluding steroid dienone is 6. The Morgan fingerprint density at radius 1 is 1.22 bits per heavy atom. The molecule has 0 aliphatic heterocycles.